The van der Waals surface area contributed by atoms with Gasteiger partial charge < -0.3 is 0 Å². The second-order valence-electron chi connectivity index (χ2n) is 6.14. The number of halogens is 2. The summed E-state index contributed by atoms with van der Waals surface area (Å²) < 4.78 is 55.2. The molecular weight excluding hydrogens is 435 g/mol. The van der Waals surface area contributed by atoms with Crippen LogP contribution in [-0.4, -0.2) is 61.4 Å². The Bertz CT molecular complexity index is 1080. The van der Waals surface area contributed by atoms with Crippen LogP contribution in [-0.2, 0) is 27.1 Å². The van der Waals surface area contributed by atoms with Gasteiger partial charge in [-0.2, -0.15) is 13.7 Å². The van der Waals surface area contributed by atoms with Gasteiger partial charge in [0.25, 0.3) is 0 Å². The average Bonchev–Trinajstić information content (AvgIpc) is 2.96. The number of nitrogens with zero attached hydrogens (tertiary/aromatic N) is 4. The van der Waals surface area contributed by atoms with Crippen LogP contribution in [0.3, 0.4) is 0 Å². The van der Waals surface area contributed by atoms with E-state index in [1.807, 2.05) is 0 Å². The molecule has 2 aromatic rings. The predicted molar refractivity (Wildman–Crippen MR) is 102 cm³/mol. The number of aromatic nitrogens is 2. The van der Waals surface area contributed by atoms with Crippen LogP contribution in [0.5, 0.6) is 0 Å². The monoisotopic (exact) mass is 452 g/mol. The molecule has 0 aliphatic carbocycles. The van der Waals surface area contributed by atoms with Crippen LogP contribution in [0.15, 0.2) is 34.2 Å². The summed E-state index contributed by atoms with van der Waals surface area (Å²) in [6.45, 7) is 1.73. The summed E-state index contributed by atoms with van der Waals surface area (Å²) in [6, 6.07) is 4.22. The van der Waals surface area contributed by atoms with Gasteiger partial charge in [0.1, 0.15) is 9.79 Å². The number of hydrogen-bond acceptors (Lipinski definition) is 5. The van der Waals surface area contributed by atoms with Crippen LogP contribution in [0.4, 0.5) is 0 Å². The topological polar surface area (TPSA) is 92.6 Å². The van der Waals surface area contributed by atoms with Crippen molar-refractivity contribution >= 4 is 43.2 Å². The molecule has 148 valence electrons. The minimum Gasteiger partial charge on any atom is -0.274 e. The molecule has 0 bridgehead atoms. The number of hydrogen-bond donors (Lipinski definition) is 0. The maximum absolute atomic E-state index is 12.8. The van der Waals surface area contributed by atoms with Crippen molar-refractivity contribution in [2.45, 2.75) is 16.7 Å². The van der Waals surface area contributed by atoms with E-state index in [2.05, 4.69) is 5.10 Å². The van der Waals surface area contributed by atoms with E-state index in [0.29, 0.717) is 5.69 Å². The van der Waals surface area contributed by atoms with Crippen molar-refractivity contribution in [1.82, 2.24) is 18.4 Å². The molecule has 2 heterocycles. The first-order valence-electron chi connectivity index (χ1n) is 7.99. The van der Waals surface area contributed by atoms with Crippen LogP contribution in [0, 0.1) is 6.92 Å². The normalized spacial score (nSPS) is 17.3. The Morgan fingerprint density at radius 3 is 1.93 bits per heavy atom. The summed E-state index contributed by atoms with van der Waals surface area (Å²) in [5, 5.41) is 4.39. The molecule has 0 saturated carbocycles. The van der Waals surface area contributed by atoms with Gasteiger partial charge in [-0.3, -0.25) is 4.68 Å². The molecule has 0 N–H and O–H groups in total. The Morgan fingerprint density at radius 1 is 0.926 bits per heavy atom. The zero-order chi connectivity index (χ0) is 20.0. The maximum atomic E-state index is 12.8. The fraction of sp³-hybridized carbons (Fsp3) is 0.400. The van der Waals surface area contributed by atoms with Gasteiger partial charge >= 0.3 is 0 Å². The Balaban J connectivity index is 1.81. The van der Waals surface area contributed by atoms with Gasteiger partial charge in [0, 0.05) is 44.4 Å². The lowest BCUT2D eigenvalue weighted by Gasteiger charge is -2.33. The zero-order valence-corrected chi connectivity index (χ0v) is 17.8. The molecule has 8 nitrogen and oxygen atoms in total. The smallest absolute Gasteiger partial charge is 0.246 e. The highest BCUT2D eigenvalue weighted by Gasteiger charge is 2.35. The van der Waals surface area contributed by atoms with Crippen molar-refractivity contribution in [1.29, 1.82) is 0 Å². The molecular formula is C15H18Cl2N4O4S2. The van der Waals surface area contributed by atoms with E-state index in [4.69, 9.17) is 23.2 Å². The number of sulfonamides is 2. The Morgan fingerprint density at radius 2 is 1.44 bits per heavy atom. The Labute approximate surface area is 168 Å². The molecule has 1 saturated heterocycles. The van der Waals surface area contributed by atoms with E-state index in [-0.39, 0.29) is 46.0 Å². The molecule has 0 radical (unpaired) electrons. The largest absolute Gasteiger partial charge is 0.274 e. The average molecular weight is 453 g/mol. The molecule has 0 spiro atoms. The molecule has 27 heavy (non-hydrogen) atoms. The van der Waals surface area contributed by atoms with Crippen molar-refractivity contribution in [3.8, 4) is 0 Å². The summed E-state index contributed by atoms with van der Waals surface area (Å²) in [7, 11) is -5.97. The third-order valence-corrected chi connectivity index (χ3v) is 8.91. The lowest BCUT2D eigenvalue weighted by atomic mass is 10.4. The van der Waals surface area contributed by atoms with Crippen LogP contribution in [0.25, 0.3) is 0 Å². The molecule has 1 fully saturated rings. The van der Waals surface area contributed by atoms with E-state index in [0.717, 1.165) is 0 Å². The third-order valence-electron chi connectivity index (χ3n) is 4.29. The van der Waals surface area contributed by atoms with Gasteiger partial charge in [0.15, 0.2) is 0 Å². The molecule has 1 aliphatic rings. The van der Waals surface area contributed by atoms with Crippen LogP contribution in [0.2, 0.25) is 10.0 Å². The molecule has 0 unspecified atom stereocenters. The van der Waals surface area contributed by atoms with Gasteiger partial charge in [-0.05, 0) is 25.1 Å². The predicted octanol–water partition coefficient (Wildman–Crippen LogP) is 1.73. The first-order valence-corrected chi connectivity index (χ1v) is 11.6. The molecule has 0 atom stereocenters. The number of piperazine rings is 1. The van der Waals surface area contributed by atoms with Gasteiger partial charge in [-0.1, -0.05) is 23.2 Å². The van der Waals surface area contributed by atoms with Crippen molar-refractivity contribution in [2.24, 2.45) is 7.05 Å². The van der Waals surface area contributed by atoms with Gasteiger partial charge in [-0.15, -0.1) is 0 Å². The molecule has 1 aromatic carbocycles. The van der Waals surface area contributed by atoms with E-state index in [1.165, 1.54) is 37.7 Å². The van der Waals surface area contributed by atoms with Crippen molar-refractivity contribution in [3.63, 3.8) is 0 Å². The zero-order valence-electron chi connectivity index (χ0n) is 14.6. The molecule has 0 amide bonds. The number of aryl methyl sites for hydroxylation is 2. The van der Waals surface area contributed by atoms with E-state index in [1.54, 1.807) is 14.0 Å². The molecule has 12 heteroatoms. The quantitative estimate of drug-likeness (QED) is 0.703. The Kier molecular flexibility index (Phi) is 5.59. The highest BCUT2D eigenvalue weighted by molar-refractivity contribution is 7.89. The SMILES string of the molecule is Cc1nn(C)cc1S(=O)(=O)N1CCN(S(=O)(=O)c2cc(Cl)ccc2Cl)CC1. The highest BCUT2D eigenvalue weighted by Crippen LogP contribution is 2.29. The summed E-state index contributed by atoms with van der Waals surface area (Å²) in [5.41, 5.74) is 0.401. The maximum Gasteiger partial charge on any atom is 0.246 e. The van der Waals surface area contributed by atoms with E-state index in [9.17, 15) is 16.8 Å². The summed E-state index contributed by atoms with van der Waals surface area (Å²) in [4.78, 5) is 0.0373. The first-order chi connectivity index (χ1) is 12.5. The Hall–Kier alpha value is -1.17. The van der Waals surface area contributed by atoms with Gasteiger partial charge in [0.05, 0.1) is 10.7 Å². The van der Waals surface area contributed by atoms with Gasteiger partial charge in [-0.25, -0.2) is 16.8 Å². The minimum atomic E-state index is -3.87. The summed E-state index contributed by atoms with van der Waals surface area (Å²) >= 11 is 11.9. The van der Waals surface area contributed by atoms with Crippen molar-refractivity contribution < 1.29 is 16.8 Å². The fourth-order valence-electron chi connectivity index (χ4n) is 2.93. The highest BCUT2D eigenvalue weighted by atomic mass is 35.5. The lowest BCUT2D eigenvalue weighted by molar-refractivity contribution is 0.272. The summed E-state index contributed by atoms with van der Waals surface area (Å²) in [5.74, 6) is 0. The third kappa shape index (κ3) is 3.87. The second kappa shape index (κ2) is 7.34. The standard InChI is InChI=1S/C15H18Cl2N4O4S2/c1-11-15(10-19(2)18-11)27(24,25)21-7-5-20(6-8-21)26(22,23)14-9-12(16)3-4-13(14)17/h3-4,9-10H,5-8H2,1-2H3. The number of benzene rings is 1. The van der Waals surface area contributed by atoms with Crippen molar-refractivity contribution in [2.75, 3.05) is 26.2 Å². The minimum absolute atomic E-state index is 0.0176. The molecule has 1 aromatic heterocycles. The van der Waals surface area contributed by atoms with Crippen LogP contribution < -0.4 is 0 Å². The second-order valence-corrected chi connectivity index (χ2v) is 10.8. The van der Waals surface area contributed by atoms with Gasteiger partial charge in [0.2, 0.25) is 20.0 Å². The van der Waals surface area contributed by atoms with Crippen molar-refractivity contribution in [3.05, 3.63) is 40.1 Å². The van der Waals surface area contributed by atoms with E-state index < -0.39 is 20.0 Å². The lowest BCUT2D eigenvalue weighted by Crippen LogP contribution is -2.50. The summed E-state index contributed by atoms with van der Waals surface area (Å²) in [6.07, 6.45) is 1.44. The van der Waals surface area contributed by atoms with Crippen LogP contribution in [0.1, 0.15) is 5.69 Å². The molecule has 3 rings (SSSR count). The number of rotatable bonds is 4. The van der Waals surface area contributed by atoms with Crippen LogP contribution >= 0.6 is 23.2 Å². The molecule has 1 aliphatic heterocycles. The van der Waals surface area contributed by atoms with E-state index >= 15 is 0 Å². The fourth-order valence-corrected chi connectivity index (χ4v) is 6.72. The first kappa shape index (κ1) is 20.6.